The minimum atomic E-state index is 0.103. The van der Waals surface area contributed by atoms with Gasteiger partial charge in [0, 0.05) is 32.8 Å². The number of amides is 1. The number of rotatable bonds is 10. The van der Waals surface area contributed by atoms with E-state index in [1.54, 1.807) is 0 Å². The van der Waals surface area contributed by atoms with Crippen molar-refractivity contribution in [2.75, 3.05) is 33.0 Å². The lowest BCUT2D eigenvalue weighted by atomic mass is 10.2. The molecule has 0 saturated carbocycles. The number of hydrogen-bond acceptors (Lipinski definition) is 3. The molecule has 0 aromatic heterocycles. The maximum atomic E-state index is 11.2. The molecule has 90 valence electrons. The summed E-state index contributed by atoms with van der Waals surface area (Å²) in [6.45, 7) is 7.32. The lowest BCUT2D eigenvalue weighted by Crippen LogP contribution is -2.26. The van der Waals surface area contributed by atoms with E-state index < -0.39 is 0 Å². The molecule has 1 amide bonds. The van der Waals surface area contributed by atoms with Crippen LogP contribution in [0.4, 0.5) is 0 Å². The topological polar surface area (TPSA) is 47.6 Å². The number of ether oxygens (including phenoxy) is 2. The minimum Gasteiger partial charge on any atom is -0.382 e. The summed E-state index contributed by atoms with van der Waals surface area (Å²) in [5.41, 5.74) is 0. The summed E-state index contributed by atoms with van der Waals surface area (Å²) in [4.78, 5) is 11.2. The second-order valence-electron chi connectivity index (χ2n) is 3.20. The average molecular weight is 217 g/mol. The standard InChI is InChI=1S/C11H23NO3/c1-3-14-9-6-5-7-11(13)12-8-10-15-4-2/h3-10H2,1-2H3,(H,12,13). The highest BCUT2D eigenvalue weighted by Crippen LogP contribution is 1.95. The summed E-state index contributed by atoms with van der Waals surface area (Å²) < 4.78 is 10.3. The van der Waals surface area contributed by atoms with Gasteiger partial charge in [0.05, 0.1) is 6.61 Å². The van der Waals surface area contributed by atoms with Crippen molar-refractivity contribution in [3.05, 3.63) is 0 Å². The van der Waals surface area contributed by atoms with E-state index in [1.165, 1.54) is 0 Å². The van der Waals surface area contributed by atoms with E-state index in [2.05, 4.69) is 5.32 Å². The third kappa shape index (κ3) is 11.3. The van der Waals surface area contributed by atoms with Gasteiger partial charge in [0.25, 0.3) is 0 Å². The Morgan fingerprint density at radius 1 is 1.07 bits per heavy atom. The first-order chi connectivity index (χ1) is 7.31. The van der Waals surface area contributed by atoms with E-state index in [9.17, 15) is 4.79 Å². The van der Waals surface area contributed by atoms with Gasteiger partial charge in [-0.1, -0.05) is 0 Å². The Kier molecular flexibility index (Phi) is 11.0. The lowest BCUT2D eigenvalue weighted by Gasteiger charge is -2.05. The molecule has 0 heterocycles. The second-order valence-corrected chi connectivity index (χ2v) is 3.20. The van der Waals surface area contributed by atoms with Crippen LogP contribution in [0.2, 0.25) is 0 Å². The molecule has 0 aromatic carbocycles. The molecule has 0 bridgehead atoms. The van der Waals surface area contributed by atoms with Crippen molar-refractivity contribution in [2.24, 2.45) is 0 Å². The van der Waals surface area contributed by atoms with E-state index in [0.29, 0.717) is 26.2 Å². The molecule has 0 rings (SSSR count). The Labute approximate surface area is 92.3 Å². The summed E-state index contributed by atoms with van der Waals surface area (Å²) in [6.07, 6.45) is 2.42. The van der Waals surface area contributed by atoms with E-state index in [-0.39, 0.29) is 5.91 Å². The van der Waals surface area contributed by atoms with E-state index in [0.717, 1.165) is 26.1 Å². The molecule has 0 fully saturated rings. The second kappa shape index (κ2) is 11.5. The number of hydrogen-bond donors (Lipinski definition) is 1. The fourth-order valence-electron chi connectivity index (χ4n) is 1.13. The molecule has 0 aliphatic carbocycles. The number of carbonyl (C=O) groups is 1. The molecule has 0 atom stereocenters. The molecule has 4 heteroatoms. The van der Waals surface area contributed by atoms with Gasteiger partial charge in [-0.2, -0.15) is 0 Å². The van der Waals surface area contributed by atoms with E-state index >= 15 is 0 Å². The molecule has 0 radical (unpaired) electrons. The number of carbonyl (C=O) groups excluding carboxylic acids is 1. The normalized spacial score (nSPS) is 10.3. The van der Waals surface area contributed by atoms with Gasteiger partial charge in [0.1, 0.15) is 0 Å². The summed E-state index contributed by atoms with van der Waals surface area (Å²) >= 11 is 0. The van der Waals surface area contributed by atoms with Gasteiger partial charge < -0.3 is 14.8 Å². The van der Waals surface area contributed by atoms with Crippen molar-refractivity contribution in [3.63, 3.8) is 0 Å². The largest absolute Gasteiger partial charge is 0.382 e. The Morgan fingerprint density at radius 2 is 1.73 bits per heavy atom. The number of unbranched alkanes of at least 4 members (excludes halogenated alkanes) is 1. The molecule has 0 spiro atoms. The van der Waals surface area contributed by atoms with E-state index in [4.69, 9.17) is 9.47 Å². The predicted molar refractivity (Wildman–Crippen MR) is 59.8 cm³/mol. The van der Waals surface area contributed by atoms with Crippen molar-refractivity contribution >= 4 is 5.91 Å². The molecule has 0 aliphatic rings. The molecule has 0 unspecified atom stereocenters. The van der Waals surface area contributed by atoms with Gasteiger partial charge in [0.15, 0.2) is 0 Å². The third-order valence-corrected chi connectivity index (χ3v) is 1.92. The third-order valence-electron chi connectivity index (χ3n) is 1.92. The fraction of sp³-hybridized carbons (Fsp3) is 0.909. The summed E-state index contributed by atoms with van der Waals surface area (Å²) in [5, 5.41) is 2.80. The molecular formula is C11H23NO3. The Morgan fingerprint density at radius 3 is 2.40 bits per heavy atom. The maximum Gasteiger partial charge on any atom is 0.220 e. The predicted octanol–water partition coefficient (Wildman–Crippen LogP) is 1.35. The first kappa shape index (κ1) is 14.4. The Hall–Kier alpha value is -0.610. The van der Waals surface area contributed by atoms with Crippen molar-refractivity contribution in [1.82, 2.24) is 5.32 Å². The monoisotopic (exact) mass is 217 g/mol. The van der Waals surface area contributed by atoms with Crippen LogP contribution in [-0.4, -0.2) is 38.9 Å². The van der Waals surface area contributed by atoms with Crippen LogP contribution < -0.4 is 5.32 Å². The summed E-state index contributed by atoms with van der Waals surface area (Å²) in [7, 11) is 0. The van der Waals surface area contributed by atoms with Crippen LogP contribution in [-0.2, 0) is 14.3 Å². The summed E-state index contributed by atoms with van der Waals surface area (Å²) in [5.74, 6) is 0.103. The Bertz CT molecular complexity index is 151. The molecule has 0 saturated heterocycles. The number of nitrogens with one attached hydrogen (secondary N) is 1. The SMILES string of the molecule is CCOCCCCC(=O)NCCOCC. The zero-order valence-electron chi connectivity index (χ0n) is 9.88. The zero-order chi connectivity index (χ0) is 11.4. The summed E-state index contributed by atoms with van der Waals surface area (Å²) in [6, 6.07) is 0. The van der Waals surface area contributed by atoms with Crippen LogP contribution in [0.5, 0.6) is 0 Å². The van der Waals surface area contributed by atoms with Gasteiger partial charge in [-0.25, -0.2) is 0 Å². The van der Waals surface area contributed by atoms with Crippen molar-refractivity contribution in [3.8, 4) is 0 Å². The van der Waals surface area contributed by atoms with Crippen LogP contribution in [0.3, 0.4) is 0 Å². The molecule has 1 N–H and O–H groups in total. The quantitative estimate of drug-likeness (QED) is 0.562. The van der Waals surface area contributed by atoms with Gasteiger partial charge >= 0.3 is 0 Å². The van der Waals surface area contributed by atoms with Crippen LogP contribution in [0.15, 0.2) is 0 Å². The highest BCUT2D eigenvalue weighted by atomic mass is 16.5. The smallest absolute Gasteiger partial charge is 0.220 e. The first-order valence-corrected chi connectivity index (χ1v) is 5.73. The fourth-order valence-corrected chi connectivity index (χ4v) is 1.13. The lowest BCUT2D eigenvalue weighted by molar-refractivity contribution is -0.121. The maximum absolute atomic E-state index is 11.2. The molecule has 0 aliphatic heterocycles. The van der Waals surface area contributed by atoms with Crippen molar-refractivity contribution in [1.29, 1.82) is 0 Å². The van der Waals surface area contributed by atoms with Crippen LogP contribution >= 0.6 is 0 Å². The van der Waals surface area contributed by atoms with Crippen LogP contribution in [0.1, 0.15) is 33.1 Å². The molecule has 15 heavy (non-hydrogen) atoms. The highest BCUT2D eigenvalue weighted by Gasteiger charge is 1.99. The van der Waals surface area contributed by atoms with Crippen LogP contribution in [0, 0.1) is 0 Å². The van der Waals surface area contributed by atoms with Gasteiger partial charge in [-0.05, 0) is 26.7 Å². The van der Waals surface area contributed by atoms with Crippen molar-refractivity contribution in [2.45, 2.75) is 33.1 Å². The Balaban J connectivity index is 3.11. The highest BCUT2D eigenvalue weighted by molar-refractivity contribution is 5.75. The average Bonchev–Trinajstić information content (AvgIpc) is 2.24. The van der Waals surface area contributed by atoms with Gasteiger partial charge in [-0.15, -0.1) is 0 Å². The van der Waals surface area contributed by atoms with E-state index in [1.807, 2.05) is 13.8 Å². The van der Waals surface area contributed by atoms with Crippen LogP contribution in [0.25, 0.3) is 0 Å². The zero-order valence-corrected chi connectivity index (χ0v) is 9.88. The van der Waals surface area contributed by atoms with Gasteiger partial charge in [-0.3, -0.25) is 4.79 Å². The molecular weight excluding hydrogens is 194 g/mol. The molecule has 0 aromatic rings. The van der Waals surface area contributed by atoms with Gasteiger partial charge in [0.2, 0.25) is 5.91 Å². The minimum absolute atomic E-state index is 0.103. The molecule has 4 nitrogen and oxygen atoms in total. The first-order valence-electron chi connectivity index (χ1n) is 5.73. The van der Waals surface area contributed by atoms with Crippen molar-refractivity contribution < 1.29 is 14.3 Å².